The predicted molar refractivity (Wildman–Crippen MR) is 116 cm³/mol. The van der Waals surface area contributed by atoms with E-state index in [-0.39, 0.29) is 0 Å². The normalized spacial score (nSPS) is 11.0. The molecule has 1 amide bonds. The molecule has 150 valence electrons. The number of hydrogen-bond acceptors (Lipinski definition) is 6. The molecule has 8 heteroatoms. The number of carbonyl (C=O) groups excluding carboxylic acids is 1. The van der Waals surface area contributed by atoms with Crippen molar-refractivity contribution in [2.45, 2.75) is 6.54 Å². The monoisotopic (exact) mass is 407 g/mol. The maximum Gasteiger partial charge on any atom is 0.248 e. The number of nitrogens with zero attached hydrogens (tertiary/aromatic N) is 6. The van der Waals surface area contributed by atoms with Gasteiger partial charge in [-0.15, -0.1) is 0 Å². The first-order valence-corrected chi connectivity index (χ1v) is 9.64. The van der Waals surface area contributed by atoms with Gasteiger partial charge in [-0.3, -0.25) is 19.7 Å². The molecule has 3 aromatic heterocycles. The summed E-state index contributed by atoms with van der Waals surface area (Å²) in [5.41, 5.74) is 11.3. The van der Waals surface area contributed by atoms with Crippen LogP contribution in [-0.4, -0.2) is 35.9 Å². The number of carbonyl (C=O) groups is 1. The number of benzene rings is 2. The van der Waals surface area contributed by atoms with Crippen molar-refractivity contribution in [3.05, 3.63) is 90.4 Å². The lowest BCUT2D eigenvalue weighted by Gasteiger charge is -2.02. The third-order valence-electron chi connectivity index (χ3n) is 4.87. The van der Waals surface area contributed by atoms with Crippen LogP contribution >= 0.6 is 0 Å². The lowest BCUT2D eigenvalue weighted by Crippen LogP contribution is -2.11. The zero-order chi connectivity index (χ0) is 21.2. The molecule has 0 aliphatic rings. The van der Waals surface area contributed by atoms with Gasteiger partial charge in [0.25, 0.3) is 0 Å². The van der Waals surface area contributed by atoms with Gasteiger partial charge in [-0.2, -0.15) is 15.0 Å². The standard InChI is InChI=1S/C23H17N7O/c24-23(31)16-6-4-15(5-7-16)14-30-28-21(22(29-30)19-3-1-2-10-25-19)17-8-9-18-20(13-17)27-12-11-26-18/h1-13H,14H2,(H2,24,31). The minimum Gasteiger partial charge on any atom is -0.366 e. The maximum absolute atomic E-state index is 11.3. The van der Waals surface area contributed by atoms with E-state index in [9.17, 15) is 4.79 Å². The van der Waals surface area contributed by atoms with E-state index in [2.05, 4.69) is 15.0 Å². The highest BCUT2D eigenvalue weighted by Crippen LogP contribution is 2.29. The van der Waals surface area contributed by atoms with Crippen molar-refractivity contribution in [3.8, 4) is 22.6 Å². The van der Waals surface area contributed by atoms with Crippen LogP contribution in [0.2, 0.25) is 0 Å². The van der Waals surface area contributed by atoms with E-state index in [1.165, 1.54) is 0 Å². The first-order valence-electron chi connectivity index (χ1n) is 9.64. The molecule has 5 aromatic rings. The molecule has 0 unspecified atom stereocenters. The van der Waals surface area contributed by atoms with Crippen molar-refractivity contribution in [2.75, 3.05) is 0 Å². The lowest BCUT2D eigenvalue weighted by atomic mass is 10.1. The van der Waals surface area contributed by atoms with E-state index in [0.29, 0.717) is 23.5 Å². The molecule has 0 saturated heterocycles. The summed E-state index contributed by atoms with van der Waals surface area (Å²) in [4.78, 5) is 26.1. The Labute approximate surface area is 177 Å². The molecule has 0 aliphatic heterocycles. The fourth-order valence-electron chi connectivity index (χ4n) is 3.34. The van der Waals surface area contributed by atoms with Gasteiger partial charge in [0, 0.05) is 29.7 Å². The van der Waals surface area contributed by atoms with E-state index in [1.54, 1.807) is 35.5 Å². The molecule has 0 aliphatic carbocycles. The van der Waals surface area contributed by atoms with Gasteiger partial charge < -0.3 is 5.73 Å². The molecular formula is C23H17N7O. The zero-order valence-corrected chi connectivity index (χ0v) is 16.4. The topological polar surface area (TPSA) is 112 Å². The van der Waals surface area contributed by atoms with Gasteiger partial charge in [-0.05, 0) is 42.0 Å². The summed E-state index contributed by atoms with van der Waals surface area (Å²) in [5.74, 6) is -0.456. The molecule has 0 bridgehead atoms. The van der Waals surface area contributed by atoms with Crippen LogP contribution in [0.3, 0.4) is 0 Å². The second kappa shape index (κ2) is 7.75. The third-order valence-corrected chi connectivity index (χ3v) is 4.87. The predicted octanol–water partition coefficient (Wildman–Crippen LogP) is 3.10. The van der Waals surface area contributed by atoms with Crippen molar-refractivity contribution >= 4 is 16.9 Å². The van der Waals surface area contributed by atoms with Crippen LogP contribution in [0.4, 0.5) is 0 Å². The Hall–Kier alpha value is -4.46. The Balaban J connectivity index is 1.57. The first kappa shape index (κ1) is 18.6. The van der Waals surface area contributed by atoms with Gasteiger partial charge in [0.2, 0.25) is 5.91 Å². The molecule has 8 nitrogen and oxygen atoms in total. The molecule has 0 fully saturated rings. The van der Waals surface area contributed by atoms with Gasteiger partial charge >= 0.3 is 0 Å². The number of pyridine rings is 1. The Bertz CT molecular complexity index is 1380. The quantitative estimate of drug-likeness (QED) is 0.479. The largest absolute Gasteiger partial charge is 0.366 e. The highest BCUT2D eigenvalue weighted by molar-refractivity contribution is 5.92. The summed E-state index contributed by atoms with van der Waals surface area (Å²) in [6, 6.07) is 18.6. The molecule has 0 atom stereocenters. The average molecular weight is 407 g/mol. The fraction of sp³-hybridized carbons (Fsp3) is 0.0435. The summed E-state index contributed by atoms with van der Waals surface area (Å²) < 4.78 is 0. The fourth-order valence-corrected chi connectivity index (χ4v) is 3.34. The number of primary amides is 1. The summed E-state index contributed by atoms with van der Waals surface area (Å²) in [7, 11) is 0. The van der Waals surface area contributed by atoms with Crippen molar-refractivity contribution in [2.24, 2.45) is 5.73 Å². The van der Waals surface area contributed by atoms with Crippen LogP contribution < -0.4 is 5.73 Å². The van der Waals surface area contributed by atoms with E-state index in [1.807, 2.05) is 48.5 Å². The molecule has 2 N–H and O–H groups in total. The second-order valence-electron chi connectivity index (χ2n) is 6.96. The number of rotatable bonds is 5. The van der Waals surface area contributed by atoms with E-state index in [0.717, 1.165) is 27.9 Å². The maximum atomic E-state index is 11.3. The Morgan fingerprint density at radius 3 is 2.32 bits per heavy atom. The zero-order valence-electron chi connectivity index (χ0n) is 16.4. The van der Waals surface area contributed by atoms with E-state index < -0.39 is 5.91 Å². The van der Waals surface area contributed by atoms with Crippen LogP contribution in [0.15, 0.2) is 79.3 Å². The molecule has 5 rings (SSSR count). The Morgan fingerprint density at radius 1 is 0.806 bits per heavy atom. The van der Waals surface area contributed by atoms with Gasteiger partial charge in [-0.25, -0.2) is 0 Å². The molecule has 0 radical (unpaired) electrons. The second-order valence-corrected chi connectivity index (χ2v) is 6.96. The summed E-state index contributed by atoms with van der Waals surface area (Å²) in [6.07, 6.45) is 5.06. The minimum atomic E-state index is -0.456. The van der Waals surface area contributed by atoms with Gasteiger partial charge in [0.05, 0.1) is 23.3 Å². The molecule has 0 spiro atoms. The number of fused-ring (bicyclic) bond motifs is 1. The van der Waals surface area contributed by atoms with Crippen LogP contribution in [-0.2, 0) is 6.54 Å². The van der Waals surface area contributed by atoms with Crippen LogP contribution in [0.25, 0.3) is 33.7 Å². The smallest absolute Gasteiger partial charge is 0.248 e. The van der Waals surface area contributed by atoms with Crippen molar-refractivity contribution < 1.29 is 4.79 Å². The Morgan fingerprint density at radius 2 is 1.58 bits per heavy atom. The van der Waals surface area contributed by atoms with Crippen LogP contribution in [0, 0.1) is 0 Å². The number of aromatic nitrogens is 6. The summed E-state index contributed by atoms with van der Waals surface area (Å²) in [5, 5.41) is 9.45. The van der Waals surface area contributed by atoms with Gasteiger partial charge in [-0.1, -0.05) is 24.3 Å². The number of hydrogen-bond donors (Lipinski definition) is 1. The summed E-state index contributed by atoms with van der Waals surface area (Å²) in [6.45, 7) is 0.437. The molecule has 31 heavy (non-hydrogen) atoms. The number of amides is 1. The van der Waals surface area contributed by atoms with Crippen LogP contribution in [0.5, 0.6) is 0 Å². The van der Waals surface area contributed by atoms with Crippen molar-refractivity contribution in [3.63, 3.8) is 0 Å². The number of nitrogens with two attached hydrogens (primary N) is 1. The Kier molecular flexibility index (Phi) is 4.64. The van der Waals surface area contributed by atoms with Crippen molar-refractivity contribution in [1.29, 1.82) is 0 Å². The van der Waals surface area contributed by atoms with E-state index >= 15 is 0 Å². The molecule has 3 heterocycles. The highest BCUT2D eigenvalue weighted by Gasteiger charge is 2.17. The molecule has 2 aromatic carbocycles. The molecule has 0 saturated carbocycles. The van der Waals surface area contributed by atoms with Gasteiger partial charge in [0.15, 0.2) is 0 Å². The highest BCUT2D eigenvalue weighted by atomic mass is 16.1. The first-order chi connectivity index (χ1) is 15.2. The third kappa shape index (κ3) is 3.74. The average Bonchev–Trinajstić information content (AvgIpc) is 3.23. The SMILES string of the molecule is NC(=O)c1ccc(Cn2nc(-c3ccc4nccnc4c3)c(-c3ccccn3)n2)cc1. The minimum absolute atomic E-state index is 0.437. The summed E-state index contributed by atoms with van der Waals surface area (Å²) >= 11 is 0. The van der Waals surface area contributed by atoms with Crippen LogP contribution in [0.1, 0.15) is 15.9 Å². The van der Waals surface area contributed by atoms with E-state index in [4.69, 9.17) is 15.9 Å². The van der Waals surface area contributed by atoms with Crippen molar-refractivity contribution in [1.82, 2.24) is 29.9 Å². The lowest BCUT2D eigenvalue weighted by molar-refractivity contribution is 0.100. The van der Waals surface area contributed by atoms with Gasteiger partial charge in [0.1, 0.15) is 11.4 Å². The molecular weight excluding hydrogens is 390 g/mol.